The van der Waals surface area contributed by atoms with Crippen molar-refractivity contribution in [2.45, 2.75) is 6.42 Å². The summed E-state index contributed by atoms with van der Waals surface area (Å²) in [7, 11) is 0. The molecule has 74 valence electrons. The van der Waals surface area contributed by atoms with E-state index >= 15 is 0 Å². The van der Waals surface area contributed by atoms with Gasteiger partial charge in [0.2, 0.25) is 11.8 Å². The monoisotopic (exact) mass is 194 g/mol. The summed E-state index contributed by atoms with van der Waals surface area (Å²) in [6, 6.07) is 6.23. The predicted octanol–water partition coefficient (Wildman–Crippen LogP) is 0.206. The van der Waals surface area contributed by atoms with Gasteiger partial charge in [0, 0.05) is 0 Å². The Morgan fingerprint density at radius 3 is 2.57 bits per heavy atom. The van der Waals surface area contributed by atoms with E-state index in [1.165, 1.54) is 12.1 Å². The van der Waals surface area contributed by atoms with Crippen LogP contribution in [0.1, 0.15) is 6.42 Å². The van der Waals surface area contributed by atoms with E-state index in [-0.39, 0.29) is 11.4 Å². The smallest absolute Gasteiger partial charge is 0.233 e. The predicted molar refractivity (Wildman–Crippen MR) is 50.5 cm³/mol. The third-order valence-corrected chi connectivity index (χ3v) is 1.51. The number of nitrogens with one attached hydrogen (secondary N) is 1. The Bertz CT molecular complexity index is 363. The van der Waals surface area contributed by atoms with Gasteiger partial charge in [0.05, 0.1) is 5.69 Å². The molecule has 0 fully saturated rings. The van der Waals surface area contributed by atoms with Gasteiger partial charge in [-0.1, -0.05) is 12.1 Å². The van der Waals surface area contributed by atoms with Crippen molar-refractivity contribution < 1.29 is 14.7 Å². The maximum Gasteiger partial charge on any atom is 0.233 e. The van der Waals surface area contributed by atoms with Crippen molar-refractivity contribution in [1.29, 1.82) is 0 Å². The number of amides is 2. The molecule has 1 rings (SSSR count). The van der Waals surface area contributed by atoms with Crippen molar-refractivity contribution in [2.75, 3.05) is 5.32 Å². The van der Waals surface area contributed by atoms with Crippen molar-refractivity contribution in [3.8, 4) is 5.75 Å². The highest BCUT2D eigenvalue weighted by Gasteiger charge is 2.07. The lowest BCUT2D eigenvalue weighted by molar-refractivity contribution is -0.124. The Labute approximate surface area is 80.5 Å². The van der Waals surface area contributed by atoms with Crippen molar-refractivity contribution in [3.05, 3.63) is 24.3 Å². The zero-order chi connectivity index (χ0) is 10.6. The first-order valence-corrected chi connectivity index (χ1v) is 3.95. The number of nitrogens with two attached hydrogens (primary N) is 1. The molecule has 5 heteroatoms. The summed E-state index contributed by atoms with van der Waals surface area (Å²) >= 11 is 0. The fourth-order valence-corrected chi connectivity index (χ4v) is 0.932. The number of phenolic OH excluding ortho intramolecular Hbond substituents is 1. The second kappa shape index (κ2) is 4.27. The zero-order valence-corrected chi connectivity index (χ0v) is 7.36. The Morgan fingerprint density at radius 1 is 1.36 bits per heavy atom. The van der Waals surface area contributed by atoms with Crippen molar-refractivity contribution in [1.82, 2.24) is 0 Å². The number of hydrogen-bond acceptors (Lipinski definition) is 3. The van der Waals surface area contributed by atoms with Crippen LogP contribution in [0.3, 0.4) is 0 Å². The van der Waals surface area contributed by atoms with Crippen LogP contribution in [0.5, 0.6) is 5.75 Å². The summed E-state index contributed by atoms with van der Waals surface area (Å²) in [4.78, 5) is 21.4. The van der Waals surface area contributed by atoms with E-state index in [0.29, 0.717) is 0 Å². The molecular formula is C9H10N2O3. The van der Waals surface area contributed by atoms with Crippen LogP contribution in [0.2, 0.25) is 0 Å². The minimum Gasteiger partial charge on any atom is -0.506 e. The van der Waals surface area contributed by atoms with Gasteiger partial charge in [-0.05, 0) is 12.1 Å². The van der Waals surface area contributed by atoms with E-state index in [0.717, 1.165) is 0 Å². The van der Waals surface area contributed by atoms with E-state index < -0.39 is 18.2 Å². The first-order valence-electron chi connectivity index (χ1n) is 3.95. The number of carbonyl (C=O) groups excluding carboxylic acids is 2. The van der Waals surface area contributed by atoms with Crippen LogP contribution < -0.4 is 11.1 Å². The Balaban J connectivity index is 2.65. The van der Waals surface area contributed by atoms with Crippen molar-refractivity contribution in [3.63, 3.8) is 0 Å². The molecular weight excluding hydrogens is 184 g/mol. The molecule has 1 aromatic carbocycles. The van der Waals surface area contributed by atoms with Crippen LogP contribution in [-0.4, -0.2) is 16.9 Å². The number of para-hydroxylation sites is 2. The Hall–Kier alpha value is -2.04. The number of rotatable bonds is 3. The van der Waals surface area contributed by atoms with E-state index in [1.54, 1.807) is 12.1 Å². The molecule has 0 bridgehead atoms. The first-order chi connectivity index (χ1) is 6.59. The van der Waals surface area contributed by atoms with Crippen LogP contribution in [0.15, 0.2) is 24.3 Å². The molecule has 0 saturated carbocycles. The summed E-state index contributed by atoms with van der Waals surface area (Å²) in [6.45, 7) is 0. The average molecular weight is 194 g/mol. The molecule has 14 heavy (non-hydrogen) atoms. The number of hydrogen-bond donors (Lipinski definition) is 3. The highest BCUT2D eigenvalue weighted by molar-refractivity contribution is 6.03. The molecule has 0 unspecified atom stereocenters. The van der Waals surface area contributed by atoms with Gasteiger partial charge < -0.3 is 16.2 Å². The summed E-state index contributed by atoms with van der Waals surface area (Å²) < 4.78 is 0. The molecule has 5 nitrogen and oxygen atoms in total. The summed E-state index contributed by atoms with van der Waals surface area (Å²) in [6.07, 6.45) is -0.395. The molecule has 0 radical (unpaired) electrons. The number of anilines is 1. The second-order valence-corrected chi connectivity index (χ2v) is 2.71. The van der Waals surface area contributed by atoms with Crippen molar-refractivity contribution >= 4 is 17.5 Å². The van der Waals surface area contributed by atoms with Crippen LogP contribution >= 0.6 is 0 Å². The lowest BCUT2D eigenvalue weighted by Crippen LogP contribution is -2.21. The van der Waals surface area contributed by atoms with E-state index in [4.69, 9.17) is 5.73 Å². The van der Waals surface area contributed by atoms with E-state index in [1.807, 2.05) is 0 Å². The number of phenols is 1. The summed E-state index contributed by atoms with van der Waals surface area (Å²) in [5, 5.41) is 11.6. The third-order valence-electron chi connectivity index (χ3n) is 1.51. The quantitative estimate of drug-likeness (QED) is 0.474. The molecule has 0 aromatic heterocycles. The maximum atomic E-state index is 11.1. The number of primary amides is 1. The third kappa shape index (κ3) is 2.78. The zero-order valence-electron chi connectivity index (χ0n) is 7.36. The minimum absolute atomic E-state index is 0.0506. The maximum absolute atomic E-state index is 11.1. The molecule has 0 atom stereocenters. The summed E-state index contributed by atoms with van der Waals surface area (Å²) in [5.74, 6) is -1.30. The van der Waals surface area contributed by atoms with E-state index in [2.05, 4.69) is 5.32 Å². The van der Waals surface area contributed by atoms with Crippen LogP contribution in [-0.2, 0) is 9.59 Å². The van der Waals surface area contributed by atoms with E-state index in [9.17, 15) is 14.7 Å². The molecule has 0 heterocycles. The first kappa shape index (κ1) is 10.0. The normalized spacial score (nSPS) is 9.43. The standard InChI is InChI=1S/C9H10N2O3/c10-8(13)5-9(14)11-6-3-1-2-4-7(6)12/h1-4,12H,5H2,(H2,10,13)(H,11,14). The molecule has 0 aliphatic heterocycles. The topological polar surface area (TPSA) is 92.4 Å². The van der Waals surface area contributed by atoms with Gasteiger partial charge in [0.1, 0.15) is 12.2 Å². The second-order valence-electron chi connectivity index (χ2n) is 2.71. The molecule has 2 amide bonds. The van der Waals surface area contributed by atoms with Crippen LogP contribution in [0.25, 0.3) is 0 Å². The van der Waals surface area contributed by atoms with Gasteiger partial charge in [-0.15, -0.1) is 0 Å². The van der Waals surface area contributed by atoms with Gasteiger partial charge in [0.25, 0.3) is 0 Å². The summed E-state index contributed by atoms with van der Waals surface area (Å²) in [5.41, 5.74) is 5.09. The SMILES string of the molecule is NC(=O)CC(=O)Nc1ccccc1O. The molecule has 4 N–H and O–H groups in total. The lowest BCUT2D eigenvalue weighted by atomic mass is 10.3. The highest BCUT2D eigenvalue weighted by Crippen LogP contribution is 2.21. The number of aromatic hydroxyl groups is 1. The Morgan fingerprint density at radius 2 is 2.00 bits per heavy atom. The highest BCUT2D eigenvalue weighted by atomic mass is 16.3. The molecule has 0 spiro atoms. The van der Waals surface area contributed by atoms with Gasteiger partial charge in [0.15, 0.2) is 0 Å². The number of benzene rings is 1. The van der Waals surface area contributed by atoms with Gasteiger partial charge in [-0.3, -0.25) is 9.59 Å². The minimum atomic E-state index is -0.710. The van der Waals surface area contributed by atoms with Crippen molar-refractivity contribution in [2.24, 2.45) is 5.73 Å². The van der Waals surface area contributed by atoms with Crippen LogP contribution in [0, 0.1) is 0 Å². The molecule has 1 aromatic rings. The molecule has 0 aliphatic rings. The largest absolute Gasteiger partial charge is 0.506 e. The van der Waals surface area contributed by atoms with Gasteiger partial charge in [-0.2, -0.15) is 0 Å². The number of carbonyl (C=O) groups is 2. The lowest BCUT2D eigenvalue weighted by Gasteiger charge is -2.04. The molecule has 0 saturated heterocycles. The fourth-order valence-electron chi connectivity index (χ4n) is 0.932. The average Bonchev–Trinajstić information content (AvgIpc) is 2.07. The molecule has 0 aliphatic carbocycles. The fraction of sp³-hybridized carbons (Fsp3) is 0.111. The van der Waals surface area contributed by atoms with Crippen LogP contribution in [0.4, 0.5) is 5.69 Å². The Kier molecular flexibility index (Phi) is 3.06. The van der Waals surface area contributed by atoms with Gasteiger partial charge in [-0.25, -0.2) is 0 Å². The van der Waals surface area contributed by atoms with Gasteiger partial charge >= 0.3 is 0 Å².